The number of rotatable bonds is 4. The summed E-state index contributed by atoms with van der Waals surface area (Å²) < 4.78 is 56.2. The number of hydrogen-bond donors (Lipinski definition) is 1. The Morgan fingerprint density at radius 1 is 1.43 bits per heavy atom. The zero-order valence-electron chi connectivity index (χ0n) is 10.8. The molecule has 21 heavy (non-hydrogen) atoms. The first kappa shape index (κ1) is 20.1. The standard InChI is InChI=1S/C12H12BrF4NO2.ClH/c1-2-20-11(19)9(14)10(18)7-5-6(12(15,16)17)3-4-8(7)13;/h3-5,9-10H,2,18H2,1H3;1H/t9?,10-;/m1./s1. The van der Waals surface area contributed by atoms with Gasteiger partial charge in [-0.2, -0.15) is 13.2 Å². The lowest BCUT2D eigenvalue weighted by atomic mass is 10.0. The van der Waals surface area contributed by atoms with E-state index in [1.54, 1.807) is 0 Å². The van der Waals surface area contributed by atoms with E-state index in [1.807, 2.05) is 0 Å². The molecule has 1 aromatic rings. The lowest BCUT2D eigenvalue weighted by molar-refractivity contribution is -0.149. The molecule has 0 bridgehead atoms. The van der Waals surface area contributed by atoms with Gasteiger partial charge in [-0.15, -0.1) is 12.4 Å². The molecule has 0 spiro atoms. The Morgan fingerprint density at radius 3 is 2.48 bits per heavy atom. The lowest BCUT2D eigenvalue weighted by Crippen LogP contribution is -2.32. The van der Waals surface area contributed by atoms with Crippen molar-refractivity contribution in [2.75, 3.05) is 6.61 Å². The third-order valence-corrected chi connectivity index (χ3v) is 3.23. The Hall–Kier alpha value is -0.860. The second-order valence-corrected chi connectivity index (χ2v) is 4.77. The summed E-state index contributed by atoms with van der Waals surface area (Å²) in [6.45, 7) is 1.44. The minimum Gasteiger partial charge on any atom is -0.464 e. The summed E-state index contributed by atoms with van der Waals surface area (Å²) in [7, 11) is 0. The average molecular weight is 395 g/mol. The molecule has 0 aliphatic carbocycles. The topological polar surface area (TPSA) is 52.3 Å². The van der Waals surface area contributed by atoms with Crippen LogP contribution in [0, 0.1) is 0 Å². The van der Waals surface area contributed by atoms with E-state index < -0.39 is 29.9 Å². The highest BCUT2D eigenvalue weighted by molar-refractivity contribution is 9.10. The average Bonchev–Trinajstić information content (AvgIpc) is 2.36. The Bertz CT molecular complexity index is 499. The van der Waals surface area contributed by atoms with E-state index in [0.29, 0.717) is 6.07 Å². The highest BCUT2D eigenvalue weighted by atomic mass is 79.9. The molecule has 1 aromatic carbocycles. The number of hydrogen-bond acceptors (Lipinski definition) is 3. The Morgan fingerprint density at radius 2 is 2.00 bits per heavy atom. The Balaban J connectivity index is 0.00000400. The fraction of sp³-hybridized carbons (Fsp3) is 0.417. The summed E-state index contributed by atoms with van der Waals surface area (Å²) in [5, 5.41) is 0. The SMILES string of the molecule is CCOC(=O)C(F)[C@H](N)c1cc(C(F)(F)F)ccc1Br.Cl. The summed E-state index contributed by atoms with van der Waals surface area (Å²) in [6.07, 6.45) is -6.82. The van der Waals surface area contributed by atoms with Crippen LogP contribution in [0.1, 0.15) is 24.1 Å². The predicted octanol–water partition coefficient (Wildman–Crippen LogP) is 3.79. The molecule has 0 amide bonds. The van der Waals surface area contributed by atoms with Crippen molar-refractivity contribution >= 4 is 34.3 Å². The molecule has 120 valence electrons. The molecule has 0 fully saturated rings. The normalized spacial score (nSPS) is 14.0. The molecule has 1 rings (SSSR count). The molecular formula is C12H13BrClF4NO2. The van der Waals surface area contributed by atoms with Crippen molar-refractivity contribution < 1.29 is 27.1 Å². The van der Waals surface area contributed by atoms with E-state index in [-0.39, 0.29) is 29.1 Å². The second kappa shape index (κ2) is 7.95. The van der Waals surface area contributed by atoms with Gasteiger partial charge in [0.15, 0.2) is 0 Å². The molecule has 0 aromatic heterocycles. The monoisotopic (exact) mass is 393 g/mol. The van der Waals surface area contributed by atoms with Crippen LogP contribution < -0.4 is 5.73 Å². The number of ether oxygens (including phenoxy) is 1. The van der Waals surface area contributed by atoms with Crippen molar-refractivity contribution in [1.29, 1.82) is 0 Å². The van der Waals surface area contributed by atoms with Gasteiger partial charge in [0.1, 0.15) is 0 Å². The summed E-state index contributed by atoms with van der Waals surface area (Å²) >= 11 is 2.99. The summed E-state index contributed by atoms with van der Waals surface area (Å²) in [5.41, 5.74) is 4.39. The Labute approximate surface area is 133 Å². The van der Waals surface area contributed by atoms with Crippen LogP contribution in [0.2, 0.25) is 0 Å². The zero-order valence-corrected chi connectivity index (χ0v) is 13.2. The highest BCUT2D eigenvalue weighted by Gasteiger charge is 2.34. The number of alkyl halides is 4. The van der Waals surface area contributed by atoms with Crippen LogP contribution in [-0.4, -0.2) is 18.7 Å². The first-order valence-electron chi connectivity index (χ1n) is 5.61. The van der Waals surface area contributed by atoms with Gasteiger partial charge in [0, 0.05) is 4.47 Å². The Kier molecular flexibility index (Phi) is 7.63. The minimum atomic E-state index is -4.58. The van der Waals surface area contributed by atoms with Gasteiger partial charge in [-0.05, 0) is 30.7 Å². The number of esters is 1. The quantitative estimate of drug-likeness (QED) is 0.624. The third kappa shape index (κ3) is 5.12. The van der Waals surface area contributed by atoms with E-state index in [4.69, 9.17) is 5.73 Å². The number of benzene rings is 1. The van der Waals surface area contributed by atoms with Gasteiger partial charge >= 0.3 is 12.1 Å². The molecule has 2 atom stereocenters. The van der Waals surface area contributed by atoms with Crippen molar-refractivity contribution in [2.24, 2.45) is 5.73 Å². The molecule has 2 N–H and O–H groups in total. The maximum atomic E-state index is 13.8. The van der Waals surface area contributed by atoms with Crippen molar-refractivity contribution in [1.82, 2.24) is 0 Å². The molecule has 0 saturated carbocycles. The highest BCUT2D eigenvalue weighted by Crippen LogP contribution is 2.34. The second-order valence-electron chi connectivity index (χ2n) is 3.91. The van der Waals surface area contributed by atoms with Gasteiger partial charge in [-0.3, -0.25) is 0 Å². The van der Waals surface area contributed by atoms with E-state index >= 15 is 0 Å². The minimum absolute atomic E-state index is 0. The van der Waals surface area contributed by atoms with Crippen LogP contribution in [0.5, 0.6) is 0 Å². The maximum absolute atomic E-state index is 13.8. The van der Waals surface area contributed by atoms with Crippen LogP contribution >= 0.6 is 28.3 Å². The number of halogens is 6. The molecule has 9 heteroatoms. The maximum Gasteiger partial charge on any atom is 0.416 e. The molecule has 1 unspecified atom stereocenters. The number of carbonyl (C=O) groups is 1. The van der Waals surface area contributed by atoms with Crippen LogP contribution in [0.15, 0.2) is 22.7 Å². The lowest BCUT2D eigenvalue weighted by Gasteiger charge is -2.18. The molecule has 3 nitrogen and oxygen atoms in total. The fourth-order valence-corrected chi connectivity index (χ4v) is 2.01. The van der Waals surface area contributed by atoms with Gasteiger partial charge in [0.05, 0.1) is 18.2 Å². The van der Waals surface area contributed by atoms with Crippen LogP contribution in [0.4, 0.5) is 17.6 Å². The molecule has 0 heterocycles. The van der Waals surface area contributed by atoms with Crippen molar-refractivity contribution in [3.8, 4) is 0 Å². The summed E-state index contributed by atoms with van der Waals surface area (Å²) in [5.74, 6) is -1.20. The number of nitrogens with two attached hydrogens (primary N) is 1. The van der Waals surface area contributed by atoms with E-state index in [9.17, 15) is 22.4 Å². The van der Waals surface area contributed by atoms with E-state index in [2.05, 4.69) is 20.7 Å². The smallest absolute Gasteiger partial charge is 0.416 e. The third-order valence-electron chi connectivity index (χ3n) is 2.51. The largest absolute Gasteiger partial charge is 0.464 e. The van der Waals surface area contributed by atoms with Gasteiger partial charge in [0.25, 0.3) is 0 Å². The fourth-order valence-electron chi connectivity index (χ4n) is 1.50. The van der Waals surface area contributed by atoms with E-state index in [0.717, 1.165) is 12.1 Å². The van der Waals surface area contributed by atoms with Crippen molar-refractivity contribution in [3.05, 3.63) is 33.8 Å². The zero-order chi connectivity index (χ0) is 15.5. The van der Waals surface area contributed by atoms with Gasteiger partial charge in [0.2, 0.25) is 6.17 Å². The van der Waals surface area contributed by atoms with E-state index in [1.165, 1.54) is 6.92 Å². The summed E-state index contributed by atoms with van der Waals surface area (Å²) in [4.78, 5) is 11.2. The molecular weight excluding hydrogens is 381 g/mol. The van der Waals surface area contributed by atoms with Crippen molar-refractivity contribution in [3.63, 3.8) is 0 Å². The van der Waals surface area contributed by atoms with Crippen LogP contribution in [0.3, 0.4) is 0 Å². The molecule has 0 radical (unpaired) electrons. The van der Waals surface area contributed by atoms with Crippen LogP contribution in [-0.2, 0) is 15.7 Å². The molecule has 0 aliphatic rings. The first-order valence-corrected chi connectivity index (χ1v) is 6.40. The van der Waals surface area contributed by atoms with Gasteiger partial charge < -0.3 is 10.5 Å². The number of carbonyl (C=O) groups excluding carboxylic acids is 1. The predicted molar refractivity (Wildman–Crippen MR) is 74.8 cm³/mol. The van der Waals surface area contributed by atoms with Crippen molar-refractivity contribution in [2.45, 2.75) is 25.3 Å². The van der Waals surface area contributed by atoms with Crippen LogP contribution in [0.25, 0.3) is 0 Å². The van der Waals surface area contributed by atoms with Gasteiger partial charge in [-0.1, -0.05) is 15.9 Å². The molecule has 0 saturated heterocycles. The summed E-state index contributed by atoms with van der Waals surface area (Å²) in [6, 6.07) is 1.10. The van der Waals surface area contributed by atoms with Gasteiger partial charge in [-0.25, -0.2) is 9.18 Å². The molecule has 0 aliphatic heterocycles. The first-order chi connectivity index (χ1) is 9.18.